The Balaban J connectivity index is 2.08. The van der Waals surface area contributed by atoms with Crippen molar-refractivity contribution in [3.63, 3.8) is 0 Å². The molecule has 0 amide bonds. The van der Waals surface area contributed by atoms with Crippen LogP contribution in [-0.4, -0.2) is 33.5 Å². The summed E-state index contributed by atoms with van der Waals surface area (Å²) in [6.07, 6.45) is 5.61. The quantitative estimate of drug-likeness (QED) is 0.384. The highest BCUT2D eigenvalue weighted by molar-refractivity contribution is 9.10. The predicted octanol–water partition coefficient (Wildman–Crippen LogP) is 1.55. The lowest BCUT2D eigenvalue weighted by molar-refractivity contribution is 0.274. The lowest BCUT2D eigenvalue weighted by Gasteiger charge is -2.23. The van der Waals surface area contributed by atoms with Gasteiger partial charge in [-0.1, -0.05) is 5.16 Å². The molecule has 1 fully saturated rings. The van der Waals surface area contributed by atoms with Crippen molar-refractivity contribution in [2.45, 2.75) is 25.4 Å². The van der Waals surface area contributed by atoms with Crippen molar-refractivity contribution in [1.82, 2.24) is 9.88 Å². The minimum absolute atomic E-state index is 0.0407. The van der Waals surface area contributed by atoms with E-state index < -0.39 is 0 Å². The molecule has 2 heterocycles. The zero-order valence-electron chi connectivity index (χ0n) is 9.38. The first-order valence-corrected chi connectivity index (χ1v) is 6.31. The monoisotopic (exact) mass is 298 g/mol. The molecule has 17 heavy (non-hydrogen) atoms. The van der Waals surface area contributed by atoms with Crippen molar-refractivity contribution in [2.24, 2.45) is 10.9 Å². The van der Waals surface area contributed by atoms with Gasteiger partial charge in [-0.2, -0.15) is 0 Å². The van der Waals surface area contributed by atoms with E-state index in [1.54, 1.807) is 6.20 Å². The largest absolute Gasteiger partial charge is 0.409 e. The molecule has 1 unspecified atom stereocenters. The molecule has 1 aromatic rings. The van der Waals surface area contributed by atoms with Crippen LogP contribution in [0.1, 0.15) is 18.4 Å². The predicted molar refractivity (Wildman–Crippen MR) is 68.8 cm³/mol. The number of amidine groups is 1. The van der Waals surface area contributed by atoms with Crippen LogP contribution in [-0.2, 0) is 6.54 Å². The number of nitrogens with two attached hydrogens (primary N) is 1. The van der Waals surface area contributed by atoms with Crippen molar-refractivity contribution < 1.29 is 5.21 Å². The van der Waals surface area contributed by atoms with E-state index >= 15 is 0 Å². The summed E-state index contributed by atoms with van der Waals surface area (Å²) in [6.45, 7) is 1.74. The van der Waals surface area contributed by atoms with Crippen LogP contribution in [0.25, 0.3) is 0 Å². The molecule has 0 aliphatic carbocycles. The topological polar surface area (TPSA) is 74.7 Å². The van der Waals surface area contributed by atoms with Crippen LogP contribution in [0, 0.1) is 0 Å². The second-order valence-electron chi connectivity index (χ2n) is 4.16. The molecule has 5 nitrogen and oxygen atoms in total. The normalized spacial score (nSPS) is 21.9. The molecule has 1 saturated heterocycles. The zero-order chi connectivity index (χ0) is 12.3. The highest BCUT2D eigenvalue weighted by Gasteiger charge is 2.27. The van der Waals surface area contributed by atoms with Crippen LogP contribution in [0.3, 0.4) is 0 Å². The Morgan fingerprint density at radius 1 is 1.65 bits per heavy atom. The zero-order valence-corrected chi connectivity index (χ0v) is 11.0. The number of rotatable bonds is 3. The number of likely N-dealkylation sites (tertiary alicyclic amines) is 1. The summed E-state index contributed by atoms with van der Waals surface area (Å²) in [4.78, 5) is 6.34. The lowest BCUT2D eigenvalue weighted by Crippen LogP contribution is -2.40. The van der Waals surface area contributed by atoms with E-state index in [0.717, 1.165) is 36.0 Å². The Bertz CT molecular complexity index is 424. The van der Waals surface area contributed by atoms with Crippen LogP contribution in [0.15, 0.2) is 28.1 Å². The molecule has 1 aliphatic heterocycles. The second kappa shape index (κ2) is 5.46. The summed E-state index contributed by atoms with van der Waals surface area (Å²) in [5.74, 6) is 0.297. The first-order valence-electron chi connectivity index (χ1n) is 5.51. The Labute approximate surface area is 108 Å². The van der Waals surface area contributed by atoms with Crippen molar-refractivity contribution in [2.75, 3.05) is 6.54 Å². The molecule has 1 aromatic heterocycles. The first-order chi connectivity index (χ1) is 8.20. The van der Waals surface area contributed by atoms with Crippen LogP contribution in [0.2, 0.25) is 0 Å². The summed E-state index contributed by atoms with van der Waals surface area (Å²) < 4.78 is 0.967. The number of oxime groups is 1. The fraction of sp³-hybridized carbons (Fsp3) is 0.455. The highest BCUT2D eigenvalue weighted by atomic mass is 79.9. The third-order valence-electron chi connectivity index (χ3n) is 2.97. The molecule has 6 heteroatoms. The van der Waals surface area contributed by atoms with E-state index in [9.17, 15) is 0 Å². The number of pyridine rings is 1. The van der Waals surface area contributed by atoms with Crippen molar-refractivity contribution in [3.8, 4) is 0 Å². The molecule has 0 saturated carbocycles. The summed E-state index contributed by atoms with van der Waals surface area (Å²) in [6, 6.07) is 2.08. The number of halogens is 1. The van der Waals surface area contributed by atoms with E-state index in [-0.39, 0.29) is 6.04 Å². The summed E-state index contributed by atoms with van der Waals surface area (Å²) in [5.41, 5.74) is 6.81. The van der Waals surface area contributed by atoms with Gasteiger partial charge in [-0.3, -0.25) is 9.88 Å². The average molecular weight is 299 g/mol. The van der Waals surface area contributed by atoms with E-state index in [4.69, 9.17) is 10.9 Å². The smallest absolute Gasteiger partial charge is 0.156 e. The van der Waals surface area contributed by atoms with Crippen molar-refractivity contribution in [1.29, 1.82) is 0 Å². The van der Waals surface area contributed by atoms with Crippen LogP contribution in [0.4, 0.5) is 0 Å². The van der Waals surface area contributed by atoms with E-state index in [1.165, 1.54) is 0 Å². The van der Waals surface area contributed by atoms with Gasteiger partial charge >= 0.3 is 0 Å². The standard InChI is InChI=1S/C11H15BrN4O/c12-9-4-8(5-14-6-9)7-16-3-1-2-10(16)11(13)15-17/h4-6,10,17H,1-3,7H2,(H2,13,15). The van der Waals surface area contributed by atoms with Gasteiger partial charge < -0.3 is 10.9 Å². The van der Waals surface area contributed by atoms with E-state index in [2.05, 4.69) is 31.0 Å². The number of nitrogens with zero attached hydrogens (tertiary/aromatic N) is 3. The molecule has 0 spiro atoms. The van der Waals surface area contributed by atoms with E-state index in [0.29, 0.717) is 5.84 Å². The fourth-order valence-corrected chi connectivity index (χ4v) is 2.61. The summed E-state index contributed by atoms with van der Waals surface area (Å²) in [7, 11) is 0. The van der Waals surface area contributed by atoms with Gasteiger partial charge in [-0.25, -0.2) is 0 Å². The average Bonchev–Trinajstić information content (AvgIpc) is 2.76. The number of aromatic nitrogens is 1. The van der Waals surface area contributed by atoms with Crippen molar-refractivity contribution >= 4 is 21.8 Å². The molecule has 0 aromatic carbocycles. The molecule has 1 aliphatic rings. The minimum atomic E-state index is 0.0407. The third-order valence-corrected chi connectivity index (χ3v) is 3.40. The van der Waals surface area contributed by atoms with Gasteiger partial charge in [0, 0.05) is 23.4 Å². The molecule has 0 radical (unpaired) electrons. The maximum atomic E-state index is 8.74. The van der Waals surface area contributed by atoms with Crippen molar-refractivity contribution in [3.05, 3.63) is 28.5 Å². The van der Waals surface area contributed by atoms with Gasteiger partial charge in [0.2, 0.25) is 0 Å². The van der Waals surface area contributed by atoms with Gasteiger partial charge in [0.1, 0.15) is 0 Å². The van der Waals surface area contributed by atoms with Crippen LogP contribution in [0.5, 0.6) is 0 Å². The lowest BCUT2D eigenvalue weighted by atomic mass is 10.2. The fourth-order valence-electron chi connectivity index (χ4n) is 2.19. The Morgan fingerprint density at radius 3 is 3.18 bits per heavy atom. The Kier molecular flexibility index (Phi) is 3.96. The third kappa shape index (κ3) is 2.95. The molecule has 1 atom stereocenters. The first kappa shape index (κ1) is 12.3. The maximum Gasteiger partial charge on any atom is 0.156 e. The molecule has 0 bridgehead atoms. The van der Waals surface area contributed by atoms with Gasteiger partial charge in [0.05, 0.1) is 6.04 Å². The molecule has 2 rings (SSSR count). The Hall–Kier alpha value is -1.14. The number of hydrogen-bond donors (Lipinski definition) is 2. The number of hydrogen-bond acceptors (Lipinski definition) is 4. The molecular weight excluding hydrogens is 284 g/mol. The highest BCUT2D eigenvalue weighted by Crippen LogP contribution is 2.21. The maximum absolute atomic E-state index is 8.74. The van der Waals surface area contributed by atoms with Gasteiger partial charge in [0.25, 0.3) is 0 Å². The van der Waals surface area contributed by atoms with E-state index in [1.807, 2.05) is 12.3 Å². The summed E-state index contributed by atoms with van der Waals surface area (Å²) >= 11 is 3.40. The second-order valence-corrected chi connectivity index (χ2v) is 5.08. The molecular formula is C11H15BrN4O. The minimum Gasteiger partial charge on any atom is -0.409 e. The van der Waals surface area contributed by atoms with Gasteiger partial charge in [0.15, 0.2) is 5.84 Å². The Morgan fingerprint density at radius 2 is 2.47 bits per heavy atom. The van der Waals surface area contributed by atoms with Gasteiger partial charge in [-0.15, -0.1) is 0 Å². The SMILES string of the molecule is N/C(=N/O)C1CCCN1Cc1cncc(Br)c1. The van der Waals surface area contributed by atoms with Gasteiger partial charge in [-0.05, 0) is 46.9 Å². The molecule has 92 valence electrons. The molecule has 3 N–H and O–H groups in total. The van der Waals surface area contributed by atoms with Crippen LogP contribution >= 0.6 is 15.9 Å². The van der Waals surface area contributed by atoms with Crippen LogP contribution < -0.4 is 5.73 Å². The summed E-state index contributed by atoms with van der Waals surface area (Å²) in [5, 5.41) is 11.8.